The number of methoxy groups -OCH3 is 1. The van der Waals surface area contributed by atoms with Gasteiger partial charge in [0.2, 0.25) is 5.82 Å². The monoisotopic (exact) mass is 233 g/mol. The predicted octanol–water partition coefficient (Wildman–Crippen LogP) is 2.42. The van der Waals surface area contributed by atoms with Gasteiger partial charge >= 0.3 is 0 Å². The lowest BCUT2D eigenvalue weighted by atomic mass is 10.2. The summed E-state index contributed by atoms with van der Waals surface area (Å²) in [6.45, 7) is 2.00. The number of aromatic nitrogens is 2. The summed E-state index contributed by atoms with van der Waals surface area (Å²) in [5, 5.41) is 3.91. The lowest BCUT2D eigenvalue weighted by Crippen LogP contribution is -2.01. The highest BCUT2D eigenvalue weighted by Gasteiger charge is 2.17. The van der Waals surface area contributed by atoms with Crippen LogP contribution in [0.5, 0.6) is 0 Å². The van der Waals surface area contributed by atoms with Crippen molar-refractivity contribution in [3.63, 3.8) is 0 Å². The molecule has 1 heterocycles. The maximum absolute atomic E-state index is 5.84. The summed E-state index contributed by atoms with van der Waals surface area (Å²) >= 11 is 0. The van der Waals surface area contributed by atoms with Crippen molar-refractivity contribution in [2.45, 2.75) is 19.4 Å². The zero-order chi connectivity index (χ0) is 12.3. The molecule has 5 nitrogen and oxygen atoms in total. The molecule has 0 spiro atoms. The lowest BCUT2D eigenvalue weighted by Gasteiger charge is -2.06. The molecule has 1 atom stereocenters. The van der Waals surface area contributed by atoms with Crippen LogP contribution in [0.1, 0.15) is 25.3 Å². The summed E-state index contributed by atoms with van der Waals surface area (Å²) < 4.78 is 10.4. The quantitative estimate of drug-likeness (QED) is 0.821. The van der Waals surface area contributed by atoms with Gasteiger partial charge in [0.25, 0.3) is 5.89 Å². The Morgan fingerprint density at radius 2 is 2.18 bits per heavy atom. The third-order valence-corrected chi connectivity index (χ3v) is 2.58. The molecule has 5 heteroatoms. The van der Waals surface area contributed by atoms with Gasteiger partial charge in [-0.1, -0.05) is 24.2 Å². The molecular weight excluding hydrogens is 218 g/mol. The lowest BCUT2D eigenvalue weighted by molar-refractivity contribution is 0.0903. The third-order valence-electron chi connectivity index (χ3n) is 2.58. The number of nitrogens with zero attached hydrogens (tertiary/aromatic N) is 2. The summed E-state index contributed by atoms with van der Waals surface area (Å²) in [5.74, 6) is 0.974. The van der Waals surface area contributed by atoms with E-state index in [2.05, 4.69) is 10.1 Å². The number of hydrogen-bond acceptors (Lipinski definition) is 5. The van der Waals surface area contributed by atoms with Gasteiger partial charge in [-0.05, 0) is 18.6 Å². The molecule has 0 radical (unpaired) electrons. The van der Waals surface area contributed by atoms with Gasteiger partial charge in [-0.25, -0.2) is 0 Å². The maximum atomic E-state index is 5.84. The van der Waals surface area contributed by atoms with Gasteiger partial charge in [0, 0.05) is 12.8 Å². The van der Waals surface area contributed by atoms with Crippen molar-refractivity contribution < 1.29 is 9.26 Å². The van der Waals surface area contributed by atoms with Crippen molar-refractivity contribution in [3.05, 3.63) is 30.1 Å². The van der Waals surface area contributed by atoms with E-state index in [9.17, 15) is 0 Å². The first-order valence-electron chi connectivity index (χ1n) is 5.47. The van der Waals surface area contributed by atoms with E-state index in [0.717, 1.165) is 12.0 Å². The molecule has 2 aromatic rings. The summed E-state index contributed by atoms with van der Waals surface area (Å²) in [6, 6.07) is 7.39. The Bertz CT molecular complexity index is 492. The molecule has 0 saturated heterocycles. The average Bonchev–Trinajstić information content (AvgIpc) is 2.81. The van der Waals surface area contributed by atoms with Crippen molar-refractivity contribution in [2.24, 2.45) is 0 Å². The van der Waals surface area contributed by atoms with E-state index in [1.165, 1.54) is 0 Å². The van der Waals surface area contributed by atoms with Crippen LogP contribution in [0.3, 0.4) is 0 Å². The van der Waals surface area contributed by atoms with E-state index < -0.39 is 0 Å². The molecular formula is C12H15N3O2. The van der Waals surface area contributed by atoms with Crippen LogP contribution in [0.4, 0.5) is 5.69 Å². The number of nitrogens with two attached hydrogens (primary N) is 1. The Balaban J connectivity index is 2.33. The highest BCUT2D eigenvalue weighted by molar-refractivity contribution is 5.69. The van der Waals surface area contributed by atoms with E-state index >= 15 is 0 Å². The predicted molar refractivity (Wildman–Crippen MR) is 64.2 cm³/mol. The molecule has 1 aromatic heterocycles. The molecule has 1 aromatic carbocycles. The van der Waals surface area contributed by atoms with Crippen LogP contribution in [0.15, 0.2) is 28.8 Å². The van der Waals surface area contributed by atoms with Gasteiger partial charge in [0.1, 0.15) is 6.10 Å². The van der Waals surface area contributed by atoms with Crippen LogP contribution in [0.25, 0.3) is 11.5 Å². The van der Waals surface area contributed by atoms with Crippen molar-refractivity contribution in [3.8, 4) is 11.5 Å². The Morgan fingerprint density at radius 3 is 2.82 bits per heavy atom. The van der Waals surface area contributed by atoms with Crippen molar-refractivity contribution >= 4 is 5.69 Å². The van der Waals surface area contributed by atoms with E-state index in [1.54, 1.807) is 13.2 Å². The minimum absolute atomic E-state index is 0.141. The second-order valence-electron chi connectivity index (χ2n) is 3.68. The molecule has 0 bridgehead atoms. The van der Waals surface area contributed by atoms with Gasteiger partial charge in [0.15, 0.2) is 0 Å². The summed E-state index contributed by atoms with van der Waals surface area (Å²) in [4.78, 5) is 4.30. The fourth-order valence-electron chi connectivity index (χ4n) is 1.62. The van der Waals surface area contributed by atoms with E-state index in [0.29, 0.717) is 17.4 Å². The molecule has 0 amide bonds. The number of benzene rings is 1. The van der Waals surface area contributed by atoms with Crippen LogP contribution in [-0.4, -0.2) is 17.3 Å². The summed E-state index contributed by atoms with van der Waals surface area (Å²) in [7, 11) is 1.63. The van der Waals surface area contributed by atoms with Crippen molar-refractivity contribution in [2.75, 3.05) is 12.8 Å². The van der Waals surface area contributed by atoms with Gasteiger partial charge in [0.05, 0.1) is 5.56 Å². The van der Waals surface area contributed by atoms with Crippen LogP contribution in [0, 0.1) is 0 Å². The van der Waals surface area contributed by atoms with E-state index in [4.69, 9.17) is 15.0 Å². The number of ether oxygens (including phenoxy) is 1. The Labute approximate surface area is 99.6 Å². The van der Waals surface area contributed by atoms with Crippen LogP contribution < -0.4 is 5.73 Å². The fraction of sp³-hybridized carbons (Fsp3) is 0.333. The standard InChI is InChI=1S/C12H15N3O2/c1-3-10(16-2)11-14-12(17-15-11)8-6-4-5-7-9(8)13/h4-7,10H,3,13H2,1-2H3. The second kappa shape index (κ2) is 4.97. The molecule has 90 valence electrons. The average molecular weight is 233 g/mol. The Hall–Kier alpha value is -1.88. The molecule has 17 heavy (non-hydrogen) atoms. The summed E-state index contributed by atoms with van der Waals surface area (Å²) in [5.41, 5.74) is 7.21. The molecule has 0 aliphatic carbocycles. The molecule has 1 unspecified atom stereocenters. The van der Waals surface area contributed by atoms with Gasteiger partial charge in [-0.3, -0.25) is 0 Å². The third kappa shape index (κ3) is 2.29. The molecule has 0 aliphatic heterocycles. The first-order valence-corrected chi connectivity index (χ1v) is 5.47. The SMILES string of the molecule is CCC(OC)c1noc(-c2ccccc2N)n1. The highest BCUT2D eigenvalue weighted by Crippen LogP contribution is 2.26. The van der Waals surface area contributed by atoms with Gasteiger partial charge < -0.3 is 15.0 Å². The first kappa shape index (κ1) is 11.6. The number of nitrogen functional groups attached to an aromatic ring is 1. The first-order chi connectivity index (χ1) is 8.26. The van der Waals surface area contributed by atoms with Crippen molar-refractivity contribution in [1.29, 1.82) is 0 Å². The molecule has 0 fully saturated rings. The number of para-hydroxylation sites is 1. The van der Waals surface area contributed by atoms with E-state index in [1.807, 2.05) is 25.1 Å². The number of rotatable bonds is 4. The molecule has 2 rings (SSSR count). The normalized spacial score (nSPS) is 12.6. The Morgan fingerprint density at radius 1 is 1.41 bits per heavy atom. The highest BCUT2D eigenvalue weighted by atomic mass is 16.5. The number of hydrogen-bond donors (Lipinski definition) is 1. The van der Waals surface area contributed by atoms with Crippen LogP contribution >= 0.6 is 0 Å². The van der Waals surface area contributed by atoms with E-state index in [-0.39, 0.29) is 6.10 Å². The zero-order valence-corrected chi connectivity index (χ0v) is 9.88. The smallest absolute Gasteiger partial charge is 0.260 e. The topological polar surface area (TPSA) is 74.2 Å². The molecule has 0 aliphatic rings. The fourth-order valence-corrected chi connectivity index (χ4v) is 1.62. The molecule has 2 N–H and O–H groups in total. The van der Waals surface area contributed by atoms with Crippen LogP contribution in [0.2, 0.25) is 0 Å². The Kier molecular flexibility index (Phi) is 3.39. The van der Waals surface area contributed by atoms with Crippen molar-refractivity contribution in [1.82, 2.24) is 10.1 Å². The largest absolute Gasteiger partial charge is 0.398 e. The molecule has 0 saturated carbocycles. The van der Waals surface area contributed by atoms with Gasteiger partial charge in [-0.15, -0.1) is 0 Å². The minimum Gasteiger partial charge on any atom is -0.398 e. The zero-order valence-electron chi connectivity index (χ0n) is 9.88. The second-order valence-corrected chi connectivity index (χ2v) is 3.68. The van der Waals surface area contributed by atoms with Gasteiger partial charge in [-0.2, -0.15) is 4.98 Å². The maximum Gasteiger partial charge on any atom is 0.260 e. The summed E-state index contributed by atoms with van der Waals surface area (Å²) in [6.07, 6.45) is 0.650. The van der Waals surface area contributed by atoms with Crippen LogP contribution in [-0.2, 0) is 4.74 Å². The number of anilines is 1. The minimum atomic E-state index is -0.141.